The molecule has 6 nitrogen and oxygen atoms in total. The van der Waals surface area contributed by atoms with Gasteiger partial charge in [0.25, 0.3) is 0 Å². The van der Waals surface area contributed by atoms with E-state index in [0.717, 1.165) is 60.5 Å². The predicted molar refractivity (Wildman–Crippen MR) is 181 cm³/mol. The highest BCUT2D eigenvalue weighted by molar-refractivity contribution is 6.14. The number of nitriles is 1. The van der Waals surface area contributed by atoms with E-state index in [1.165, 1.54) is 0 Å². The van der Waals surface area contributed by atoms with Crippen LogP contribution in [0.5, 0.6) is 0 Å². The summed E-state index contributed by atoms with van der Waals surface area (Å²) in [5.41, 5.74) is 8.10. The molecule has 9 rings (SSSR count). The first-order valence-corrected chi connectivity index (χ1v) is 14.9. The molecule has 0 saturated carbocycles. The van der Waals surface area contributed by atoms with Gasteiger partial charge in [0.2, 0.25) is 0 Å². The van der Waals surface area contributed by atoms with Crippen LogP contribution >= 0.6 is 0 Å². The van der Waals surface area contributed by atoms with Crippen LogP contribution < -0.4 is 0 Å². The lowest BCUT2D eigenvalue weighted by Gasteiger charge is -2.09. The largest absolute Gasteiger partial charge is 0.456 e. The van der Waals surface area contributed by atoms with Crippen LogP contribution in [0.2, 0.25) is 0 Å². The summed E-state index contributed by atoms with van der Waals surface area (Å²) in [6.45, 7) is 0. The van der Waals surface area contributed by atoms with Gasteiger partial charge < -0.3 is 8.83 Å². The Hall–Kier alpha value is -6.58. The molecule has 0 aliphatic heterocycles. The van der Waals surface area contributed by atoms with E-state index >= 15 is 0 Å². The number of hydrogen-bond donors (Lipinski definition) is 0. The summed E-state index contributed by atoms with van der Waals surface area (Å²) in [5, 5.41) is 13.6. The summed E-state index contributed by atoms with van der Waals surface area (Å²) in [4.78, 5) is 14.9. The molecule has 0 bridgehead atoms. The number of nitrogens with zero attached hydrogens (tertiary/aromatic N) is 4. The summed E-state index contributed by atoms with van der Waals surface area (Å²) in [7, 11) is 0. The maximum atomic E-state index is 9.94. The fourth-order valence-corrected chi connectivity index (χ4v) is 6.31. The van der Waals surface area contributed by atoms with Crippen molar-refractivity contribution in [1.82, 2.24) is 15.0 Å². The van der Waals surface area contributed by atoms with Crippen LogP contribution in [-0.4, -0.2) is 15.0 Å². The van der Waals surface area contributed by atoms with Gasteiger partial charge in [-0.05, 0) is 47.5 Å². The van der Waals surface area contributed by atoms with Gasteiger partial charge >= 0.3 is 0 Å². The number of furan rings is 2. The maximum Gasteiger partial charge on any atom is 0.164 e. The second-order valence-electron chi connectivity index (χ2n) is 11.1. The Bertz CT molecular complexity index is 2650. The summed E-state index contributed by atoms with van der Waals surface area (Å²) in [5.74, 6) is 1.54. The van der Waals surface area contributed by atoms with Gasteiger partial charge in [0.15, 0.2) is 17.5 Å². The lowest BCUT2D eigenvalue weighted by molar-refractivity contribution is 0.668. The minimum atomic E-state index is 0.487. The molecule has 46 heavy (non-hydrogen) atoms. The Morgan fingerprint density at radius 1 is 0.435 bits per heavy atom. The van der Waals surface area contributed by atoms with Crippen LogP contribution in [-0.2, 0) is 0 Å². The summed E-state index contributed by atoms with van der Waals surface area (Å²) in [6, 6.07) is 46.1. The van der Waals surface area contributed by atoms with E-state index in [1.807, 2.05) is 103 Å². The summed E-state index contributed by atoms with van der Waals surface area (Å²) < 4.78 is 12.6. The van der Waals surface area contributed by atoms with Crippen molar-refractivity contribution < 1.29 is 8.83 Å². The normalized spacial score (nSPS) is 11.5. The van der Waals surface area contributed by atoms with Crippen molar-refractivity contribution in [3.63, 3.8) is 0 Å². The molecule has 6 aromatic carbocycles. The topological polar surface area (TPSA) is 88.7 Å². The molecule has 0 unspecified atom stereocenters. The minimum Gasteiger partial charge on any atom is -0.456 e. The molecule has 3 heterocycles. The average Bonchev–Trinajstić information content (AvgIpc) is 3.70. The maximum absolute atomic E-state index is 9.94. The Labute approximate surface area is 262 Å². The second-order valence-corrected chi connectivity index (χ2v) is 11.1. The van der Waals surface area contributed by atoms with Crippen LogP contribution in [0.1, 0.15) is 5.56 Å². The number of fused-ring (bicyclic) bond motifs is 6. The third-order valence-electron chi connectivity index (χ3n) is 8.39. The molecule has 0 amide bonds. The van der Waals surface area contributed by atoms with Crippen molar-refractivity contribution in [1.29, 1.82) is 5.26 Å². The van der Waals surface area contributed by atoms with Crippen molar-refractivity contribution in [3.8, 4) is 51.4 Å². The highest BCUT2D eigenvalue weighted by atomic mass is 16.3. The monoisotopic (exact) mass is 590 g/mol. The molecule has 9 aromatic rings. The number of benzene rings is 6. The zero-order valence-electron chi connectivity index (χ0n) is 24.3. The molecule has 0 spiro atoms. The molecule has 0 saturated heterocycles. The smallest absolute Gasteiger partial charge is 0.164 e. The van der Waals surface area contributed by atoms with E-state index in [-0.39, 0.29) is 0 Å². The highest BCUT2D eigenvalue weighted by Gasteiger charge is 2.20. The fourth-order valence-electron chi connectivity index (χ4n) is 6.31. The first-order chi connectivity index (χ1) is 22.7. The van der Waals surface area contributed by atoms with Gasteiger partial charge in [0.05, 0.1) is 11.6 Å². The van der Waals surface area contributed by atoms with Crippen molar-refractivity contribution in [3.05, 3.63) is 139 Å². The van der Waals surface area contributed by atoms with Crippen LogP contribution in [0.4, 0.5) is 0 Å². The van der Waals surface area contributed by atoms with Crippen LogP contribution in [0, 0.1) is 11.3 Å². The molecule has 214 valence electrons. The SMILES string of the molecule is N#Cc1cccc2oc3cccc(-c4nc(-c5ccccc5)nc(-c5ccc6c(c5)oc5cccc(-c7ccccc7)c56)n4)c3c12. The molecule has 0 N–H and O–H groups in total. The van der Waals surface area contributed by atoms with E-state index in [0.29, 0.717) is 34.2 Å². The molecule has 0 radical (unpaired) electrons. The zero-order chi connectivity index (χ0) is 30.6. The summed E-state index contributed by atoms with van der Waals surface area (Å²) >= 11 is 0. The standard InChI is InChI=1S/C40H22N4O2/c41-23-27-14-7-17-31-35(27)37-30(16-9-19-33(37)45-31)40-43-38(25-12-5-2-6-13-25)42-39(44-40)26-20-21-29-34(22-26)46-32-18-8-15-28(36(29)32)24-10-3-1-4-11-24/h1-22H. The van der Waals surface area contributed by atoms with Gasteiger partial charge in [-0.2, -0.15) is 5.26 Å². The fraction of sp³-hybridized carbons (Fsp3) is 0. The van der Waals surface area contributed by atoms with Crippen LogP contribution in [0.25, 0.3) is 89.2 Å². The Kier molecular flexibility index (Phi) is 5.77. The highest BCUT2D eigenvalue weighted by Crippen LogP contribution is 2.40. The first kappa shape index (κ1) is 25.9. The average molecular weight is 591 g/mol. The van der Waals surface area contributed by atoms with Crippen LogP contribution in [0.15, 0.2) is 142 Å². The number of aromatic nitrogens is 3. The third kappa shape index (κ3) is 4.07. The van der Waals surface area contributed by atoms with E-state index in [9.17, 15) is 5.26 Å². The third-order valence-corrected chi connectivity index (χ3v) is 8.39. The lowest BCUT2D eigenvalue weighted by atomic mass is 9.99. The predicted octanol–water partition coefficient (Wildman–Crippen LogP) is 10.2. The van der Waals surface area contributed by atoms with Crippen molar-refractivity contribution in [2.45, 2.75) is 0 Å². The minimum absolute atomic E-state index is 0.487. The Balaban J connectivity index is 1.28. The van der Waals surface area contributed by atoms with Gasteiger partial charge in [0.1, 0.15) is 22.3 Å². The lowest BCUT2D eigenvalue weighted by Crippen LogP contribution is -2.00. The van der Waals surface area contributed by atoms with Gasteiger partial charge in [0, 0.05) is 38.2 Å². The van der Waals surface area contributed by atoms with Gasteiger partial charge in [-0.1, -0.05) is 97.1 Å². The second kappa shape index (κ2) is 10.3. The quantitative estimate of drug-likeness (QED) is 0.203. The molecule has 0 atom stereocenters. The Morgan fingerprint density at radius 3 is 1.76 bits per heavy atom. The van der Waals surface area contributed by atoms with Gasteiger partial charge in [-0.15, -0.1) is 0 Å². The van der Waals surface area contributed by atoms with Crippen molar-refractivity contribution >= 4 is 43.9 Å². The van der Waals surface area contributed by atoms with E-state index in [4.69, 9.17) is 23.8 Å². The van der Waals surface area contributed by atoms with Crippen molar-refractivity contribution in [2.24, 2.45) is 0 Å². The van der Waals surface area contributed by atoms with Gasteiger partial charge in [-0.25, -0.2) is 15.0 Å². The van der Waals surface area contributed by atoms with E-state index in [1.54, 1.807) is 6.07 Å². The Morgan fingerprint density at radius 2 is 1.02 bits per heavy atom. The molecular formula is C40H22N4O2. The van der Waals surface area contributed by atoms with E-state index < -0.39 is 0 Å². The van der Waals surface area contributed by atoms with E-state index in [2.05, 4.69) is 30.3 Å². The first-order valence-electron chi connectivity index (χ1n) is 14.9. The molecule has 0 fully saturated rings. The van der Waals surface area contributed by atoms with Crippen molar-refractivity contribution in [2.75, 3.05) is 0 Å². The molecule has 6 heteroatoms. The van der Waals surface area contributed by atoms with Crippen LogP contribution in [0.3, 0.4) is 0 Å². The molecule has 3 aromatic heterocycles. The molecular weight excluding hydrogens is 568 g/mol. The number of rotatable bonds is 4. The van der Waals surface area contributed by atoms with Gasteiger partial charge in [-0.3, -0.25) is 0 Å². The summed E-state index contributed by atoms with van der Waals surface area (Å²) in [6.07, 6.45) is 0. The number of hydrogen-bond acceptors (Lipinski definition) is 6. The zero-order valence-corrected chi connectivity index (χ0v) is 24.3. The molecule has 0 aliphatic carbocycles. The molecule has 0 aliphatic rings.